The third-order valence-electron chi connectivity index (χ3n) is 1.35. The maximum absolute atomic E-state index is 12.5. The number of rotatable bonds is 0. The van der Waals surface area contributed by atoms with Crippen LogP contribution in [0, 0.1) is 6.85 Å². The topological polar surface area (TPSA) is 26.0 Å². The van der Waals surface area contributed by atoms with Crippen LogP contribution in [0.15, 0.2) is 18.2 Å². The van der Waals surface area contributed by atoms with Crippen molar-refractivity contribution in [3.05, 3.63) is 29.3 Å². The summed E-state index contributed by atoms with van der Waals surface area (Å²) in [5, 5.41) is 0. The summed E-state index contributed by atoms with van der Waals surface area (Å²) >= 11 is 0. The molecule has 0 unspecified atom stereocenters. The van der Waals surface area contributed by atoms with Crippen LogP contribution in [0.5, 0.6) is 0 Å². The van der Waals surface area contributed by atoms with Crippen molar-refractivity contribution >= 4 is 5.69 Å². The van der Waals surface area contributed by atoms with Crippen molar-refractivity contribution in [1.82, 2.24) is 0 Å². The van der Waals surface area contributed by atoms with Crippen LogP contribution < -0.4 is 5.73 Å². The molecule has 12 heavy (non-hydrogen) atoms. The highest BCUT2D eigenvalue weighted by molar-refractivity contribution is 5.45. The molecule has 0 saturated heterocycles. The highest BCUT2D eigenvalue weighted by Crippen LogP contribution is 2.32. The first-order valence-electron chi connectivity index (χ1n) is 4.59. The van der Waals surface area contributed by atoms with E-state index in [-0.39, 0.29) is 5.69 Å². The minimum atomic E-state index is -4.71. The predicted molar refractivity (Wildman–Crippen MR) is 40.6 cm³/mol. The summed E-state index contributed by atoms with van der Waals surface area (Å²) in [6.45, 7) is -2.79. The van der Waals surface area contributed by atoms with Gasteiger partial charge in [-0.25, -0.2) is 0 Å². The Kier molecular flexibility index (Phi) is 1.22. The van der Waals surface area contributed by atoms with Crippen LogP contribution in [0.25, 0.3) is 0 Å². The van der Waals surface area contributed by atoms with Gasteiger partial charge in [0.1, 0.15) is 0 Å². The second-order valence-corrected chi connectivity index (χ2v) is 2.30. The van der Waals surface area contributed by atoms with Crippen molar-refractivity contribution in [2.24, 2.45) is 0 Å². The molecule has 0 fully saturated rings. The smallest absolute Gasteiger partial charge is 0.399 e. The van der Waals surface area contributed by atoms with Gasteiger partial charge in [-0.15, -0.1) is 0 Å². The molecule has 0 aliphatic heterocycles. The Morgan fingerprint density at radius 2 is 2.08 bits per heavy atom. The predicted octanol–water partition coefficient (Wildman–Crippen LogP) is 2.60. The van der Waals surface area contributed by atoms with Crippen LogP contribution >= 0.6 is 0 Å². The van der Waals surface area contributed by atoms with Crippen LogP contribution in [0.1, 0.15) is 15.2 Å². The van der Waals surface area contributed by atoms with Crippen molar-refractivity contribution in [3.63, 3.8) is 0 Å². The van der Waals surface area contributed by atoms with E-state index in [1.807, 2.05) is 0 Å². The molecule has 0 bridgehead atoms. The molecule has 0 atom stereocenters. The second kappa shape index (κ2) is 2.69. The number of aryl methyl sites for hydroxylation is 1. The van der Waals surface area contributed by atoms with Gasteiger partial charge in [0.2, 0.25) is 0 Å². The van der Waals surface area contributed by atoms with E-state index in [0.717, 1.165) is 12.1 Å². The van der Waals surface area contributed by atoms with Crippen molar-refractivity contribution in [2.45, 2.75) is 13.0 Å². The van der Waals surface area contributed by atoms with E-state index < -0.39 is 24.2 Å². The average molecular weight is 178 g/mol. The van der Waals surface area contributed by atoms with E-state index in [9.17, 15) is 13.2 Å². The molecular formula is C8H8F3N. The van der Waals surface area contributed by atoms with E-state index in [2.05, 4.69) is 0 Å². The highest BCUT2D eigenvalue weighted by Gasteiger charge is 2.32. The molecule has 0 spiro atoms. The van der Waals surface area contributed by atoms with Gasteiger partial charge in [-0.1, -0.05) is 6.07 Å². The summed E-state index contributed by atoms with van der Waals surface area (Å²) in [6, 6.07) is 2.64. The van der Waals surface area contributed by atoms with Crippen molar-refractivity contribution < 1.29 is 17.3 Å². The van der Waals surface area contributed by atoms with Gasteiger partial charge >= 0.3 is 6.18 Å². The van der Waals surface area contributed by atoms with Gasteiger partial charge in [0.05, 0.1) is 5.56 Å². The van der Waals surface area contributed by atoms with Crippen molar-refractivity contribution in [2.75, 3.05) is 5.73 Å². The number of alkyl halides is 3. The molecule has 0 aliphatic rings. The summed E-state index contributed by atoms with van der Waals surface area (Å²) in [5.74, 6) is 0. The third kappa shape index (κ3) is 1.69. The van der Waals surface area contributed by atoms with Crippen LogP contribution in [0.3, 0.4) is 0 Å². The molecule has 2 N–H and O–H groups in total. The quantitative estimate of drug-likeness (QED) is 0.607. The van der Waals surface area contributed by atoms with E-state index in [1.165, 1.54) is 0 Å². The lowest BCUT2D eigenvalue weighted by Gasteiger charge is -2.09. The van der Waals surface area contributed by atoms with Gasteiger partial charge in [-0.3, -0.25) is 0 Å². The minimum Gasteiger partial charge on any atom is -0.399 e. The fourth-order valence-corrected chi connectivity index (χ4v) is 0.796. The first kappa shape index (κ1) is 5.45. The number of hydrogen-bond acceptors (Lipinski definition) is 1. The molecule has 0 aromatic heterocycles. The SMILES string of the molecule is [2H]C([2H])([2H])c1ccc(N)cc1C(F)(F)F. The highest BCUT2D eigenvalue weighted by atomic mass is 19.4. The molecule has 1 nitrogen and oxygen atoms in total. The summed E-state index contributed by atoms with van der Waals surface area (Å²) < 4.78 is 58.2. The Hall–Kier alpha value is -1.19. The number of hydrogen-bond donors (Lipinski definition) is 1. The molecule has 4 heteroatoms. The third-order valence-corrected chi connectivity index (χ3v) is 1.35. The molecule has 0 heterocycles. The van der Waals surface area contributed by atoms with Gasteiger partial charge in [-0.2, -0.15) is 13.2 Å². The fourth-order valence-electron chi connectivity index (χ4n) is 0.796. The first-order valence-corrected chi connectivity index (χ1v) is 3.09. The molecule has 0 amide bonds. The zero-order chi connectivity index (χ0) is 11.9. The largest absolute Gasteiger partial charge is 0.416 e. The Morgan fingerprint density at radius 1 is 1.42 bits per heavy atom. The molecular weight excluding hydrogens is 167 g/mol. The zero-order valence-electron chi connectivity index (χ0n) is 8.94. The average Bonchev–Trinajstić information content (AvgIpc) is 2.00. The van der Waals surface area contributed by atoms with Gasteiger partial charge in [0.25, 0.3) is 0 Å². The number of halogens is 3. The maximum atomic E-state index is 12.5. The Labute approximate surface area is 72.2 Å². The first-order chi connectivity index (χ1) is 6.62. The minimum absolute atomic E-state index is 0.115. The van der Waals surface area contributed by atoms with E-state index >= 15 is 0 Å². The van der Waals surface area contributed by atoms with E-state index in [4.69, 9.17) is 9.85 Å². The molecule has 66 valence electrons. The van der Waals surface area contributed by atoms with Crippen LogP contribution in [-0.2, 0) is 6.18 Å². The Balaban J connectivity index is 3.41. The lowest BCUT2D eigenvalue weighted by Crippen LogP contribution is -2.07. The van der Waals surface area contributed by atoms with Gasteiger partial charge in [0.15, 0.2) is 0 Å². The van der Waals surface area contributed by atoms with E-state index in [0.29, 0.717) is 6.07 Å². The van der Waals surface area contributed by atoms with Crippen molar-refractivity contribution in [3.8, 4) is 0 Å². The molecule has 0 radical (unpaired) electrons. The lowest BCUT2D eigenvalue weighted by atomic mass is 10.1. The summed E-state index contributed by atoms with van der Waals surface area (Å²) in [6.07, 6.45) is -4.71. The second-order valence-electron chi connectivity index (χ2n) is 2.30. The van der Waals surface area contributed by atoms with Crippen LogP contribution in [0.2, 0.25) is 0 Å². The standard InChI is InChI=1S/C8H8F3N/c1-5-2-3-6(12)4-7(5)8(9,10)11/h2-4H,12H2,1H3/i1D3. The molecule has 1 rings (SSSR count). The van der Waals surface area contributed by atoms with Crippen LogP contribution in [-0.4, -0.2) is 0 Å². The molecule has 1 aromatic carbocycles. The lowest BCUT2D eigenvalue weighted by molar-refractivity contribution is -0.138. The summed E-state index contributed by atoms with van der Waals surface area (Å²) in [7, 11) is 0. The zero-order valence-corrected chi connectivity index (χ0v) is 5.94. The number of nitrogens with two attached hydrogens (primary N) is 1. The van der Waals surface area contributed by atoms with Gasteiger partial charge in [-0.05, 0) is 24.5 Å². The fraction of sp³-hybridized carbons (Fsp3) is 0.250. The molecule has 0 saturated carbocycles. The normalized spacial score (nSPS) is 16.4. The Morgan fingerprint density at radius 3 is 2.58 bits per heavy atom. The summed E-state index contributed by atoms with van der Waals surface area (Å²) in [4.78, 5) is 0. The van der Waals surface area contributed by atoms with Crippen molar-refractivity contribution in [1.29, 1.82) is 0 Å². The monoisotopic (exact) mass is 178 g/mol. The number of nitrogen functional groups attached to an aromatic ring is 1. The van der Waals surface area contributed by atoms with Crippen LogP contribution in [0.4, 0.5) is 18.9 Å². The van der Waals surface area contributed by atoms with Gasteiger partial charge in [0, 0.05) is 9.80 Å². The molecule has 0 aliphatic carbocycles. The Bertz CT molecular complexity index is 370. The molecule has 1 aromatic rings. The number of anilines is 1. The van der Waals surface area contributed by atoms with E-state index in [1.54, 1.807) is 0 Å². The van der Waals surface area contributed by atoms with Gasteiger partial charge < -0.3 is 5.73 Å². The summed E-state index contributed by atoms with van der Waals surface area (Å²) in [5.41, 5.74) is 3.13. The number of benzene rings is 1. The maximum Gasteiger partial charge on any atom is 0.416 e.